The van der Waals surface area contributed by atoms with Crippen LogP contribution in [0.2, 0.25) is 0 Å². The van der Waals surface area contributed by atoms with Crippen LogP contribution in [-0.4, -0.2) is 46.8 Å². The number of amides is 2. The summed E-state index contributed by atoms with van der Waals surface area (Å²) in [7, 11) is 1.30. The molecule has 36 heavy (non-hydrogen) atoms. The Bertz CT molecular complexity index is 1260. The molecule has 0 radical (unpaired) electrons. The lowest BCUT2D eigenvalue weighted by Crippen LogP contribution is -2.35. The Hall–Kier alpha value is -3.98. The molecule has 1 saturated heterocycles. The number of carbonyl (C=O) groups excluding carboxylic acids is 3. The molecule has 1 heterocycles. The molecule has 7 nitrogen and oxygen atoms in total. The number of methoxy groups -OCH3 is 1. The van der Waals surface area contributed by atoms with Crippen molar-refractivity contribution in [1.82, 2.24) is 4.90 Å². The number of thioether (sulfide) groups is 1. The van der Waals surface area contributed by atoms with E-state index < -0.39 is 11.2 Å². The van der Waals surface area contributed by atoms with Crippen molar-refractivity contribution in [1.29, 1.82) is 0 Å². The number of hydrogen-bond donors (Lipinski definition) is 1. The summed E-state index contributed by atoms with van der Waals surface area (Å²) in [5, 5.41) is 2.66. The maximum Gasteiger partial charge on any atom is 0.337 e. The van der Waals surface area contributed by atoms with Gasteiger partial charge in [-0.1, -0.05) is 42.1 Å². The van der Waals surface area contributed by atoms with Gasteiger partial charge in [0.1, 0.15) is 11.1 Å². The number of amidine groups is 1. The van der Waals surface area contributed by atoms with Crippen molar-refractivity contribution in [3.63, 3.8) is 0 Å². The second kappa shape index (κ2) is 11.6. The van der Waals surface area contributed by atoms with Crippen molar-refractivity contribution >= 4 is 46.1 Å². The minimum absolute atomic E-state index is 0.0386. The highest BCUT2D eigenvalue weighted by Gasteiger charge is 2.39. The third-order valence-corrected chi connectivity index (χ3v) is 6.67. The average Bonchev–Trinajstić information content (AvgIpc) is 3.17. The molecule has 3 aromatic rings. The number of aliphatic imine (C=N–C) groups is 1. The number of esters is 1. The van der Waals surface area contributed by atoms with Gasteiger partial charge in [0.15, 0.2) is 5.17 Å². The van der Waals surface area contributed by atoms with Crippen LogP contribution in [0.4, 0.5) is 15.8 Å². The molecule has 2 amide bonds. The van der Waals surface area contributed by atoms with Crippen molar-refractivity contribution in [3.8, 4) is 0 Å². The van der Waals surface area contributed by atoms with E-state index in [-0.39, 0.29) is 24.1 Å². The lowest BCUT2D eigenvalue weighted by molar-refractivity contribution is -0.128. The van der Waals surface area contributed by atoms with Crippen LogP contribution in [0.1, 0.15) is 22.3 Å². The standard InChI is InChI=1S/C27H24FN3O4S/c1-35-26(34)19-9-13-22(14-10-19)29-24(32)17-23-25(33)31(16-15-18-7-11-20(28)12-8-18)27(36-23)30-21-5-3-2-4-6-21/h2-14,23H,15-17H2,1H3,(H,29,32)/t23-/m1/s1. The van der Waals surface area contributed by atoms with Crippen LogP contribution >= 0.6 is 11.8 Å². The van der Waals surface area contributed by atoms with Gasteiger partial charge in [-0.2, -0.15) is 0 Å². The summed E-state index contributed by atoms with van der Waals surface area (Å²) in [6, 6.07) is 21.8. The van der Waals surface area contributed by atoms with Crippen LogP contribution in [-0.2, 0) is 20.7 Å². The van der Waals surface area contributed by atoms with Gasteiger partial charge in [-0.05, 0) is 60.5 Å². The number of hydrogen-bond acceptors (Lipinski definition) is 6. The van der Waals surface area contributed by atoms with E-state index in [9.17, 15) is 18.8 Å². The molecule has 3 aromatic carbocycles. The van der Waals surface area contributed by atoms with E-state index in [1.807, 2.05) is 30.3 Å². The maximum absolute atomic E-state index is 13.3. The number of ether oxygens (including phenoxy) is 1. The predicted octanol–water partition coefficient (Wildman–Crippen LogP) is 4.82. The van der Waals surface area contributed by atoms with Gasteiger partial charge in [0.05, 0.1) is 18.4 Å². The van der Waals surface area contributed by atoms with Gasteiger partial charge in [-0.3, -0.25) is 14.5 Å². The highest BCUT2D eigenvalue weighted by Crippen LogP contribution is 2.32. The Labute approximate surface area is 212 Å². The number of halogens is 1. The molecule has 1 aliphatic heterocycles. The number of nitrogens with zero attached hydrogens (tertiary/aromatic N) is 2. The summed E-state index contributed by atoms with van der Waals surface area (Å²) in [6.45, 7) is 0.357. The van der Waals surface area contributed by atoms with Gasteiger partial charge in [0.25, 0.3) is 0 Å². The lowest BCUT2D eigenvalue weighted by Gasteiger charge is -2.16. The van der Waals surface area contributed by atoms with Gasteiger partial charge in [0, 0.05) is 18.7 Å². The van der Waals surface area contributed by atoms with Crippen LogP contribution < -0.4 is 5.32 Å². The molecular weight excluding hydrogens is 481 g/mol. The first-order chi connectivity index (χ1) is 17.4. The molecule has 0 spiro atoms. The summed E-state index contributed by atoms with van der Waals surface area (Å²) in [6.07, 6.45) is 0.481. The highest BCUT2D eigenvalue weighted by molar-refractivity contribution is 8.15. The molecule has 0 bridgehead atoms. The van der Waals surface area contributed by atoms with Crippen molar-refractivity contribution in [2.45, 2.75) is 18.1 Å². The zero-order valence-electron chi connectivity index (χ0n) is 19.5. The van der Waals surface area contributed by atoms with Crippen molar-refractivity contribution < 1.29 is 23.5 Å². The van der Waals surface area contributed by atoms with E-state index in [1.54, 1.807) is 41.3 Å². The van der Waals surface area contributed by atoms with Crippen LogP contribution in [0.25, 0.3) is 0 Å². The minimum atomic E-state index is -0.630. The largest absolute Gasteiger partial charge is 0.465 e. The zero-order chi connectivity index (χ0) is 25.5. The molecule has 184 valence electrons. The van der Waals surface area contributed by atoms with E-state index in [0.717, 1.165) is 5.56 Å². The Kier molecular flexibility index (Phi) is 8.12. The monoisotopic (exact) mass is 505 g/mol. The van der Waals surface area contributed by atoms with E-state index in [4.69, 9.17) is 0 Å². The fourth-order valence-electron chi connectivity index (χ4n) is 3.62. The first kappa shape index (κ1) is 25.1. The number of carbonyl (C=O) groups is 3. The Balaban J connectivity index is 1.45. The Morgan fingerprint density at radius 1 is 1.03 bits per heavy atom. The van der Waals surface area contributed by atoms with E-state index in [2.05, 4.69) is 15.0 Å². The fraction of sp³-hybridized carbons (Fsp3) is 0.185. The van der Waals surface area contributed by atoms with Gasteiger partial charge >= 0.3 is 5.97 Å². The molecule has 1 fully saturated rings. The third-order valence-electron chi connectivity index (χ3n) is 5.50. The van der Waals surface area contributed by atoms with E-state index in [1.165, 1.54) is 31.0 Å². The number of anilines is 1. The molecule has 0 unspecified atom stereocenters. The second-order valence-electron chi connectivity index (χ2n) is 8.02. The van der Waals surface area contributed by atoms with Gasteiger partial charge in [-0.25, -0.2) is 14.2 Å². The van der Waals surface area contributed by atoms with Crippen LogP contribution in [0, 0.1) is 5.82 Å². The quantitative estimate of drug-likeness (QED) is 0.444. The summed E-state index contributed by atoms with van der Waals surface area (Å²) in [4.78, 5) is 43.8. The van der Waals surface area contributed by atoms with Crippen molar-refractivity contribution in [3.05, 3.63) is 95.8 Å². The fourth-order valence-corrected chi connectivity index (χ4v) is 4.81. The highest BCUT2D eigenvalue weighted by atomic mass is 32.2. The van der Waals surface area contributed by atoms with Crippen molar-refractivity contribution in [2.24, 2.45) is 4.99 Å². The molecule has 9 heteroatoms. The number of nitrogens with one attached hydrogen (secondary N) is 1. The topological polar surface area (TPSA) is 88.1 Å². The molecule has 0 saturated carbocycles. The van der Waals surface area contributed by atoms with Crippen LogP contribution in [0.3, 0.4) is 0 Å². The van der Waals surface area contributed by atoms with Crippen molar-refractivity contribution in [2.75, 3.05) is 19.0 Å². The summed E-state index contributed by atoms with van der Waals surface area (Å²) in [5.41, 5.74) is 2.48. The molecular formula is C27H24FN3O4S. The SMILES string of the molecule is COC(=O)c1ccc(NC(=O)C[C@H]2SC(=Nc3ccccc3)N(CCc3ccc(F)cc3)C2=O)cc1. The van der Waals surface area contributed by atoms with E-state index >= 15 is 0 Å². The minimum Gasteiger partial charge on any atom is -0.465 e. The first-order valence-electron chi connectivity index (χ1n) is 11.3. The average molecular weight is 506 g/mol. The summed E-state index contributed by atoms with van der Waals surface area (Å²) < 4.78 is 17.9. The molecule has 1 atom stereocenters. The summed E-state index contributed by atoms with van der Waals surface area (Å²) in [5.74, 6) is -1.31. The molecule has 1 aliphatic rings. The molecule has 0 aromatic heterocycles. The first-order valence-corrected chi connectivity index (χ1v) is 12.2. The number of rotatable bonds is 8. The zero-order valence-corrected chi connectivity index (χ0v) is 20.3. The number of benzene rings is 3. The normalized spacial score (nSPS) is 16.3. The van der Waals surface area contributed by atoms with Gasteiger partial charge in [-0.15, -0.1) is 0 Å². The molecule has 1 N–H and O–H groups in total. The Morgan fingerprint density at radius 2 is 1.72 bits per heavy atom. The molecule has 4 rings (SSSR count). The molecule has 0 aliphatic carbocycles. The van der Waals surface area contributed by atoms with Crippen LogP contribution in [0.15, 0.2) is 83.9 Å². The predicted molar refractivity (Wildman–Crippen MR) is 138 cm³/mol. The number of para-hydroxylation sites is 1. The van der Waals surface area contributed by atoms with Gasteiger partial charge < -0.3 is 10.1 Å². The lowest BCUT2D eigenvalue weighted by atomic mass is 10.1. The van der Waals surface area contributed by atoms with E-state index in [0.29, 0.717) is 35.1 Å². The third kappa shape index (κ3) is 6.37. The summed E-state index contributed by atoms with van der Waals surface area (Å²) >= 11 is 1.25. The second-order valence-corrected chi connectivity index (χ2v) is 9.19. The smallest absolute Gasteiger partial charge is 0.337 e. The van der Waals surface area contributed by atoms with Crippen LogP contribution in [0.5, 0.6) is 0 Å². The Morgan fingerprint density at radius 3 is 2.39 bits per heavy atom. The van der Waals surface area contributed by atoms with Gasteiger partial charge in [0.2, 0.25) is 11.8 Å². The maximum atomic E-state index is 13.3.